The number of halogens is 1. The van der Waals surface area contributed by atoms with E-state index in [1.165, 1.54) is 0 Å². The molecule has 0 unspecified atom stereocenters. The van der Waals surface area contributed by atoms with Gasteiger partial charge in [-0.3, -0.25) is 4.90 Å². The largest absolute Gasteiger partial charge is 0.382 e. The lowest BCUT2D eigenvalue weighted by atomic mass is 10.00. The third-order valence-corrected chi connectivity index (χ3v) is 4.56. The number of aromatic nitrogens is 3. The highest BCUT2D eigenvalue weighted by atomic mass is 79.9. The number of hydrogen-bond acceptors (Lipinski definition) is 5. The van der Waals surface area contributed by atoms with Crippen molar-refractivity contribution in [2.75, 3.05) is 13.1 Å². The minimum Gasteiger partial charge on any atom is -0.382 e. The molecule has 1 aromatic carbocycles. The summed E-state index contributed by atoms with van der Waals surface area (Å²) in [6.07, 6.45) is 2.19. The maximum atomic E-state index is 10.6. The zero-order valence-electron chi connectivity index (χ0n) is 11.3. The minimum atomic E-state index is -0.952. The third-order valence-electron chi connectivity index (χ3n) is 3.79. The van der Waals surface area contributed by atoms with Crippen LogP contribution in [0.2, 0.25) is 0 Å². The van der Waals surface area contributed by atoms with Crippen LogP contribution in [-0.4, -0.2) is 38.5 Å². The van der Waals surface area contributed by atoms with Crippen molar-refractivity contribution in [3.8, 4) is 6.07 Å². The summed E-state index contributed by atoms with van der Waals surface area (Å²) >= 11 is 3.51. The quantitative estimate of drug-likeness (QED) is 0.878. The first kappa shape index (κ1) is 14.2. The summed E-state index contributed by atoms with van der Waals surface area (Å²) < 4.78 is 0.971. The van der Waals surface area contributed by atoms with Gasteiger partial charge >= 0.3 is 0 Å². The highest BCUT2D eigenvalue weighted by Crippen LogP contribution is 2.32. The maximum absolute atomic E-state index is 10.6. The van der Waals surface area contributed by atoms with E-state index in [0.29, 0.717) is 30.8 Å². The van der Waals surface area contributed by atoms with E-state index in [9.17, 15) is 5.11 Å². The Labute approximate surface area is 130 Å². The van der Waals surface area contributed by atoms with Crippen molar-refractivity contribution in [1.29, 1.82) is 5.26 Å². The molecular weight excluding hydrogens is 334 g/mol. The van der Waals surface area contributed by atoms with Gasteiger partial charge in [-0.15, -0.1) is 0 Å². The summed E-state index contributed by atoms with van der Waals surface area (Å²) in [5, 5.41) is 29.9. The van der Waals surface area contributed by atoms with Crippen LogP contribution in [0, 0.1) is 11.3 Å². The molecule has 1 aliphatic rings. The number of rotatable bonds is 3. The molecule has 0 radical (unpaired) electrons. The van der Waals surface area contributed by atoms with Crippen LogP contribution in [0.25, 0.3) is 0 Å². The lowest BCUT2D eigenvalue weighted by molar-refractivity contribution is 0.0408. The van der Waals surface area contributed by atoms with Gasteiger partial charge in [0.1, 0.15) is 11.3 Å². The van der Waals surface area contributed by atoms with Crippen LogP contribution in [0.5, 0.6) is 0 Å². The predicted molar refractivity (Wildman–Crippen MR) is 79.0 cm³/mol. The normalized spacial score (nSPS) is 22.3. The zero-order chi connectivity index (χ0) is 14.9. The molecule has 2 N–H and O–H groups in total. The van der Waals surface area contributed by atoms with E-state index in [2.05, 4.69) is 42.3 Å². The van der Waals surface area contributed by atoms with Crippen LogP contribution in [-0.2, 0) is 12.1 Å². The van der Waals surface area contributed by atoms with E-state index in [-0.39, 0.29) is 0 Å². The van der Waals surface area contributed by atoms with E-state index in [4.69, 9.17) is 5.26 Å². The van der Waals surface area contributed by atoms with E-state index in [1.54, 1.807) is 12.3 Å². The first-order valence-corrected chi connectivity index (χ1v) is 7.39. The Morgan fingerprint density at radius 1 is 1.52 bits per heavy atom. The minimum absolute atomic E-state index is 0.503. The van der Waals surface area contributed by atoms with Gasteiger partial charge in [0.2, 0.25) is 0 Å². The van der Waals surface area contributed by atoms with Crippen LogP contribution in [0.4, 0.5) is 0 Å². The van der Waals surface area contributed by atoms with Crippen molar-refractivity contribution >= 4 is 15.9 Å². The second kappa shape index (κ2) is 5.56. The molecule has 1 fully saturated rings. The van der Waals surface area contributed by atoms with Crippen molar-refractivity contribution in [1.82, 2.24) is 20.3 Å². The van der Waals surface area contributed by atoms with Crippen molar-refractivity contribution < 1.29 is 5.11 Å². The SMILES string of the molecule is N#Cc1ccc(Br)c(CN2CC[C@@](O)(c3cn[nH]n3)C2)c1. The summed E-state index contributed by atoms with van der Waals surface area (Å²) in [7, 11) is 0. The summed E-state index contributed by atoms with van der Waals surface area (Å²) in [4.78, 5) is 2.15. The average Bonchev–Trinajstić information content (AvgIpc) is 3.12. The molecule has 0 bridgehead atoms. The molecule has 0 saturated carbocycles. The van der Waals surface area contributed by atoms with Gasteiger partial charge in [0.05, 0.1) is 17.8 Å². The zero-order valence-corrected chi connectivity index (χ0v) is 12.8. The fourth-order valence-corrected chi connectivity index (χ4v) is 3.02. The number of nitrogens with zero attached hydrogens (tertiary/aromatic N) is 4. The second-order valence-electron chi connectivity index (χ2n) is 5.27. The molecule has 7 heteroatoms. The van der Waals surface area contributed by atoms with Gasteiger partial charge in [-0.1, -0.05) is 15.9 Å². The number of H-pyrrole nitrogens is 1. The molecule has 3 rings (SSSR count). The topological polar surface area (TPSA) is 88.8 Å². The third kappa shape index (κ3) is 2.83. The van der Waals surface area contributed by atoms with E-state index in [0.717, 1.165) is 16.6 Å². The number of β-amino-alcohol motifs (C(OH)–C–C–N with tert-alkyl or cyclic N) is 1. The van der Waals surface area contributed by atoms with E-state index in [1.807, 2.05) is 12.1 Å². The molecular formula is C14H14BrN5O. The van der Waals surface area contributed by atoms with E-state index >= 15 is 0 Å². The molecule has 2 aromatic rings. The molecule has 0 spiro atoms. The highest BCUT2D eigenvalue weighted by Gasteiger charge is 2.39. The molecule has 1 aliphatic heterocycles. The molecule has 21 heavy (non-hydrogen) atoms. The number of aliphatic hydroxyl groups is 1. The lowest BCUT2D eigenvalue weighted by Crippen LogP contribution is -2.31. The van der Waals surface area contributed by atoms with Gasteiger partial charge in [0.25, 0.3) is 0 Å². The predicted octanol–water partition coefficient (Wildman–Crippen LogP) is 1.53. The van der Waals surface area contributed by atoms with Crippen LogP contribution < -0.4 is 0 Å². The van der Waals surface area contributed by atoms with Gasteiger partial charge in [0, 0.05) is 24.1 Å². The Balaban J connectivity index is 1.75. The van der Waals surface area contributed by atoms with Crippen molar-refractivity contribution in [3.63, 3.8) is 0 Å². The Bertz CT molecular complexity index is 681. The first-order valence-electron chi connectivity index (χ1n) is 6.60. The van der Waals surface area contributed by atoms with Crippen LogP contribution >= 0.6 is 15.9 Å². The molecule has 1 saturated heterocycles. The summed E-state index contributed by atoms with van der Waals surface area (Å²) in [5.41, 5.74) is 1.30. The number of aromatic amines is 1. The Hall–Kier alpha value is -1.75. The number of hydrogen-bond donors (Lipinski definition) is 2. The number of benzene rings is 1. The number of nitriles is 1. The van der Waals surface area contributed by atoms with E-state index < -0.39 is 5.60 Å². The smallest absolute Gasteiger partial charge is 0.124 e. The molecule has 1 aromatic heterocycles. The molecule has 0 aliphatic carbocycles. The summed E-state index contributed by atoms with van der Waals surface area (Å²) in [6.45, 7) is 1.95. The monoisotopic (exact) mass is 347 g/mol. The first-order chi connectivity index (χ1) is 10.1. The summed E-state index contributed by atoms with van der Waals surface area (Å²) in [5.74, 6) is 0. The number of likely N-dealkylation sites (tertiary alicyclic amines) is 1. The fourth-order valence-electron chi connectivity index (χ4n) is 2.65. The molecule has 1 atom stereocenters. The molecule has 6 nitrogen and oxygen atoms in total. The molecule has 108 valence electrons. The van der Waals surface area contributed by atoms with Gasteiger partial charge < -0.3 is 5.11 Å². The van der Waals surface area contributed by atoms with Crippen molar-refractivity contribution in [2.45, 2.75) is 18.6 Å². The van der Waals surface area contributed by atoms with Gasteiger partial charge in [-0.25, -0.2) is 0 Å². The van der Waals surface area contributed by atoms with Gasteiger partial charge in [0.15, 0.2) is 0 Å². The molecule has 0 amide bonds. The Kier molecular flexibility index (Phi) is 3.76. The standard InChI is InChI=1S/C14H14BrN5O/c15-12-2-1-10(6-16)5-11(12)8-20-4-3-14(21,9-20)13-7-17-19-18-13/h1-2,5,7,21H,3-4,8-9H2,(H,17,18,19)/t14-/m0/s1. The maximum Gasteiger partial charge on any atom is 0.124 e. The van der Waals surface area contributed by atoms with Crippen molar-refractivity contribution in [3.05, 3.63) is 45.7 Å². The fraction of sp³-hybridized carbons (Fsp3) is 0.357. The second-order valence-corrected chi connectivity index (χ2v) is 6.12. The van der Waals surface area contributed by atoms with Gasteiger partial charge in [-0.2, -0.15) is 20.7 Å². The van der Waals surface area contributed by atoms with Gasteiger partial charge in [-0.05, 0) is 30.2 Å². The Morgan fingerprint density at radius 2 is 2.38 bits per heavy atom. The highest BCUT2D eigenvalue weighted by molar-refractivity contribution is 9.10. The summed E-state index contributed by atoms with van der Waals surface area (Å²) in [6, 6.07) is 7.68. The van der Waals surface area contributed by atoms with Crippen LogP contribution in [0.3, 0.4) is 0 Å². The van der Waals surface area contributed by atoms with Crippen LogP contribution in [0.1, 0.15) is 23.2 Å². The number of nitrogens with one attached hydrogen (secondary N) is 1. The lowest BCUT2D eigenvalue weighted by Gasteiger charge is -2.21. The van der Waals surface area contributed by atoms with Crippen LogP contribution in [0.15, 0.2) is 28.9 Å². The molecule has 2 heterocycles. The average molecular weight is 348 g/mol. The van der Waals surface area contributed by atoms with Crippen molar-refractivity contribution in [2.24, 2.45) is 0 Å². The Morgan fingerprint density at radius 3 is 3.10 bits per heavy atom.